The first-order chi connectivity index (χ1) is 14.2. The number of carbonyl (C=O) groups is 2. The van der Waals surface area contributed by atoms with Gasteiger partial charge >= 0.3 is 6.09 Å². The molecule has 8 nitrogen and oxygen atoms in total. The standard InChI is InChI=1S/C22H33N5O3.HI/c1-5-6-19(28)25-17-9-7-16(8-10-17)13-23-20-24-14-18-15-26(11-12-27(18)20)21(29)30-22(2,3)4;/h7-10,18H,5-6,11-15H2,1-4H3,(H,23,24)(H,25,28);1H. The fraction of sp³-hybridized carbons (Fsp3) is 0.591. The molecule has 2 aliphatic rings. The molecule has 2 amide bonds. The van der Waals surface area contributed by atoms with E-state index in [-0.39, 0.29) is 42.0 Å². The molecule has 172 valence electrons. The number of nitrogens with one attached hydrogen (secondary N) is 2. The topological polar surface area (TPSA) is 86.3 Å². The number of guanidine groups is 1. The number of hydrogen-bond donors (Lipinski definition) is 2. The van der Waals surface area contributed by atoms with E-state index in [1.54, 1.807) is 4.90 Å². The van der Waals surface area contributed by atoms with Crippen LogP contribution >= 0.6 is 24.0 Å². The van der Waals surface area contributed by atoms with E-state index in [4.69, 9.17) is 4.74 Å². The molecular formula is C22H34IN5O3. The summed E-state index contributed by atoms with van der Waals surface area (Å²) in [5.41, 5.74) is 1.44. The van der Waals surface area contributed by atoms with Gasteiger partial charge in [-0.15, -0.1) is 24.0 Å². The van der Waals surface area contributed by atoms with Crippen molar-refractivity contribution in [1.29, 1.82) is 0 Å². The molecular weight excluding hydrogens is 509 g/mol. The van der Waals surface area contributed by atoms with Crippen molar-refractivity contribution in [2.75, 3.05) is 31.5 Å². The summed E-state index contributed by atoms with van der Waals surface area (Å²) in [4.78, 5) is 32.7. The van der Waals surface area contributed by atoms with Crippen molar-refractivity contribution in [3.8, 4) is 0 Å². The molecule has 1 aromatic rings. The molecule has 0 aromatic heterocycles. The van der Waals surface area contributed by atoms with Crippen LogP contribution in [0.5, 0.6) is 0 Å². The minimum absolute atomic E-state index is 0. The molecule has 2 N–H and O–H groups in total. The second kappa shape index (κ2) is 11.0. The average Bonchev–Trinajstić information content (AvgIpc) is 3.08. The highest BCUT2D eigenvalue weighted by atomic mass is 127. The maximum absolute atomic E-state index is 12.3. The van der Waals surface area contributed by atoms with Crippen molar-refractivity contribution in [2.45, 2.75) is 58.7 Å². The summed E-state index contributed by atoms with van der Waals surface area (Å²) in [6, 6.07) is 8.03. The van der Waals surface area contributed by atoms with E-state index >= 15 is 0 Å². The quantitative estimate of drug-likeness (QED) is 0.556. The van der Waals surface area contributed by atoms with E-state index in [1.165, 1.54) is 0 Å². The Morgan fingerprint density at radius 1 is 1.19 bits per heavy atom. The minimum atomic E-state index is -0.485. The summed E-state index contributed by atoms with van der Waals surface area (Å²) in [6.07, 6.45) is 1.11. The Bertz CT molecular complexity index is 791. The van der Waals surface area contributed by atoms with Crippen LogP contribution < -0.4 is 10.6 Å². The molecule has 3 rings (SSSR count). The zero-order chi connectivity index (χ0) is 21.7. The molecule has 1 saturated heterocycles. The molecule has 2 aliphatic heterocycles. The SMILES string of the molecule is CCCC(=O)Nc1ccc(CNC2=NCC3CN(C(=O)OC(C)(C)C)CCN23)cc1.I. The number of rotatable bonds is 5. The van der Waals surface area contributed by atoms with E-state index in [1.807, 2.05) is 52.0 Å². The van der Waals surface area contributed by atoms with Crippen LogP contribution in [-0.2, 0) is 16.1 Å². The van der Waals surface area contributed by atoms with Crippen molar-refractivity contribution < 1.29 is 14.3 Å². The van der Waals surface area contributed by atoms with Crippen molar-refractivity contribution >= 4 is 47.6 Å². The molecule has 1 aromatic carbocycles. The average molecular weight is 543 g/mol. The highest BCUT2D eigenvalue weighted by Crippen LogP contribution is 2.19. The predicted molar refractivity (Wildman–Crippen MR) is 133 cm³/mol. The van der Waals surface area contributed by atoms with E-state index in [0.717, 1.165) is 30.2 Å². The van der Waals surface area contributed by atoms with Crippen LogP contribution in [0.3, 0.4) is 0 Å². The highest BCUT2D eigenvalue weighted by Gasteiger charge is 2.36. The molecule has 31 heavy (non-hydrogen) atoms. The van der Waals surface area contributed by atoms with Crippen molar-refractivity contribution in [3.05, 3.63) is 29.8 Å². The van der Waals surface area contributed by atoms with Crippen LogP contribution in [0.1, 0.15) is 46.1 Å². The Labute approximate surface area is 201 Å². The number of piperazine rings is 1. The lowest BCUT2D eigenvalue weighted by atomic mass is 10.2. The van der Waals surface area contributed by atoms with Crippen molar-refractivity contribution in [2.24, 2.45) is 4.99 Å². The number of nitrogens with zero attached hydrogens (tertiary/aromatic N) is 3. The first kappa shape index (κ1) is 25.2. The number of hydrogen-bond acceptors (Lipinski definition) is 6. The number of halogens is 1. The van der Waals surface area contributed by atoms with Gasteiger partial charge in [-0.05, 0) is 44.9 Å². The minimum Gasteiger partial charge on any atom is -0.444 e. The van der Waals surface area contributed by atoms with Gasteiger partial charge in [0.25, 0.3) is 0 Å². The molecule has 0 bridgehead atoms. The third kappa shape index (κ3) is 7.26. The number of aliphatic imine (C=N–C) groups is 1. The number of anilines is 1. The van der Waals surface area contributed by atoms with Crippen molar-refractivity contribution in [3.63, 3.8) is 0 Å². The van der Waals surface area contributed by atoms with Gasteiger partial charge in [-0.3, -0.25) is 9.79 Å². The highest BCUT2D eigenvalue weighted by molar-refractivity contribution is 14.0. The van der Waals surface area contributed by atoms with Crippen LogP contribution in [0.15, 0.2) is 29.3 Å². The molecule has 0 spiro atoms. The summed E-state index contributed by atoms with van der Waals surface area (Å²) in [5, 5.41) is 6.31. The van der Waals surface area contributed by atoms with Gasteiger partial charge in [-0.2, -0.15) is 0 Å². The maximum Gasteiger partial charge on any atom is 0.410 e. The maximum atomic E-state index is 12.3. The number of carbonyl (C=O) groups excluding carboxylic acids is 2. The second-order valence-electron chi connectivity index (χ2n) is 8.79. The zero-order valence-corrected chi connectivity index (χ0v) is 21.1. The van der Waals surface area contributed by atoms with Gasteiger partial charge in [0.2, 0.25) is 5.91 Å². The molecule has 1 atom stereocenters. The summed E-state index contributed by atoms with van der Waals surface area (Å²) in [5.74, 6) is 0.921. The summed E-state index contributed by atoms with van der Waals surface area (Å²) < 4.78 is 5.49. The first-order valence-corrected chi connectivity index (χ1v) is 10.7. The van der Waals surface area contributed by atoms with Crippen molar-refractivity contribution in [1.82, 2.24) is 15.1 Å². The summed E-state index contributed by atoms with van der Waals surface area (Å²) in [7, 11) is 0. The van der Waals surface area contributed by atoms with Gasteiger partial charge in [-0.25, -0.2) is 4.79 Å². The van der Waals surface area contributed by atoms with E-state index in [9.17, 15) is 9.59 Å². The van der Waals surface area contributed by atoms with Gasteiger partial charge in [0.05, 0.1) is 12.6 Å². The lowest BCUT2D eigenvalue weighted by Crippen LogP contribution is -2.57. The molecule has 1 fully saturated rings. The third-order valence-electron chi connectivity index (χ3n) is 5.02. The Morgan fingerprint density at radius 2 is 1.90 bits per heavy atom. The van der Waals surface area contributed by atoms with Crippen LogP contribution in [0, 0.1) is 0 Å². The van der Waals surface area contributed by atoms with Gasteiger partial charge in [0.1, 0.15) is 5.60 Å². The van der Waals surface area contributed by atoms with Gasteiger partial charge < -0.3 is 25.2 Å². The van der Waals surface area contributed by atoms with Crippen LogP contribution in [0.2, 0.25) is 0 Å². The Kier molecular flexibility index (Phi) is 8.96. The predicted octanol–water partition coefficient (Wildman–Crippen LogP) is 3.42. The number of ether oxygens (including phenoxy) is 1. The first-order valence-electron chi connectivity index (χ1n) is 10.7. The normalized spacial score (nSPS) is 17.9. The second-order valence-corrected chi connectivity index (χ2v) is 8.79. The molecule has 9 heteroatoms. The Morgan fingerprint density at radius 3 is 2.55 bits per heavy atom. The number of benzene rings is 1. The lowest BCUT2D eigenvalue weighted by molar-refractivity contribution is -0.116. The van der Waals surface area contributed by atoms with Gasteiger partial charge in [0, 0.05) is 38.3 Å². The fourth-order valence-electron chi connectivity index (χ4n) is 3.56. The Hall–Kier alpha value is -2.04. The molecule has 0 aliphatic carbocycles. The fourth-order valence-corrected chi connectivity index (χ4v) is 3.56. The Balaban J connectivity index is 0.00000341. The van der Waals surface area contributed by atoms with E-state index < -0.39 is 5.60 Å². The summed E-state index contributed by atoms with van der Waals surface area (Å²) in [6.45, 7) is 10.9. The smallest absolute Gasteiger partial charge is 0.410 e. The lowest BCUT2D eigenvalue weighted by Gasteiger charge is -2.39. The molecule has 0 saturated carbocycles. The zero-order valence-electron chi connectivity index (χ0n) is 18.8. The van der Waals surface area contributed by atoms with Gasteiger partial charge in [-0.1, -0.05) is 19.1 Å². The molecule has 2 heterocycles. The van der Waals surface area contributed by atoms with E-state index in [0.29, 0.717) is 32.6 Å². The molecule has 0 radical (unpaired) electrons. The van der Waals surface area contributed by atoms with Crippen LogP contribution in [0.4, 0.5) is 10.5 Å². The number of fused-ring (bicyclic) bond motifs is 1. The monoisotopic (exact) mass is 543 g/mol. The third-order valence-corrected chi connectivity index (χ3v) is 5.02. The van der Waals surface area contributed by atoms with Gasteiger partial charge in [0.15, 0.2) is 5.96 Å². The summed E-state index contributed by atoms with van der Waals surface area (Å²) >= 11 is 0. The number of amides is 2. The largest absolute Gasteiger partial charge is 0.444 e. The van der Waals surface area contributed by atoms with Crippen LogP contribution in [-0.4, -0.2) is 65.6 Å². The van der Waals surface area contributed by atoms with Crippen LogP contribution in [0.25, 0.3) is 0 Å². The van der Waals surface area contributed by atoms with E-state index in [2.05, 4.69) is 20.5 Å². The molecule has 1 unspecified atom stereocenters.